The van der Waals surface area contributed by atoms with E-state index in [1.807, 2.05) is 24.3 Å². The molecule has 2 saturated heterocycles. The van der Waals surface area contributed by atoms with Crippen LogP contribution in [0.15, 0.2) is 36.9 Å². The zero-order valence-corrected chi connectivity index (χ0v) is 18.3. The molecule has 10 heteroatoms. The summed E-state index contributed by atoms with van der Waals surface area (Å²) in [7, 11) is 0. The van der Waals surface area contributed by atoms with E-state index in [2.05, 4.69) is 22.9 Å². The molecule has 0 aliphatic carbocycles. The molecule has 0 aromatic heterocycles. The number of nitrogens with one attached hydrogen (secondary N) is 1. The van der Waals surface area contributed by atoms with Gasteiger partial charge in [0.15, 0.2) is 0 Å². The molecule has 3 heterocycles. The Bertz CT molecular complexity index is 847. The molecule has 1 unspecified atom stereocenters. The van der Waals surface area contributed by atoms with Crippen molar-refractivity contribution in [2.45, 2.75) is 56.0 Å². The minimum absolute atomic E-state index is 0.0115. The molecular formula is C23H29F3N2O5. The lowest BCUT2D eigenvalue weighted by molar-refractivity contribution is -0.192. The average Bonchev–Trinajstić information content (AvgIpc) is 3.31. The third-order valence-electron chi connectivity index (χ3n) is 6.13. The van der Waals surface area contributed by atoms with Crippen LogP contribution < -0.4 is 10.1 Å². The maximum Gasteiger partial charge on any atom is 0.490 e. The van der Waals surface area contributed by atoms with Gasteiger partial charge in [0, 0.05) is 38.2 Å². The average molecular weight is 470 g/mol. The quantitative estimate of drug-likeness (QED) is 0.656. The molecule has 2 atom stereocenters. The summed E-state index contributed by atoms with van der Waals surface area (Å²) >= 11 is 0. The van der Waals surface area contributed by atoms with E-state index < -0.39 is 12.1 Å². The number of aliphatic carboxylic acids is 1. The van der Waals surface area contributed by atoms with Gasteiger partial charge in [0.1, 0.15) is 17.5 Å². The van der Waals surface area contributed by atoms with E-state index in [1.54, 1.807) is 0 Å². The number of hydrogen-bond donors (Lipinski definition) is 2. The van der Waals surface area contributed by atoms with Crippen LogP contribution in [0, 0.1) is 0 Å². The Labute approximate surface area is 190 Å². The fraction of sp³-hybridized carbons (Fsp3) is 0.565. The Balaban J connectivity index is 0.000000383. The molecule has 4 rings (SSSR count). The van der Waals surface area contributed by atoms with Gasteiger partial charge in [-0.1, -0.05) is 24.3 Å². The van der Waals surface area contributed by atoms with Crippen molar-refractivity contribution >= 4 is 11.9 Å². The van der Waals surface area contributed by atoms with E-state index in [1.165, 1.54) is 0 Å². The van der Waals surface area contributed by atoms with Crippen LogP contribution in [-0.4, -0.2) is 66.0 Å². The highest BCUT2D eigenvalue weighted by Crippen LogP contribution is 2.44. The lowest BCUT2D eigenvalue weighted by atomic mass is 9.80. The second kappa shape index (κ2) is 10.6. The van der Waals surface area contributed by atoms with Gasteiger partial charge < -0.3 is 19.9 Å². The third kappa shape index (κ3) is 6.48. The number of hydrogen-bond acceptors (Lipinski definition) is 5. The van der Waals surface area contributed by atoms with Crippen LogP contribution in [-0.2, 0) is 14.3 Å². The lowest BCUT2D eigenvalue weighted by Gasteiger charge is -2.47. The predicted octanol–water partition coefficient (Wildman–Crippen LogP) is 3.46. The van der Waals surface area contributed by atoms with Crippen molar-refractivity contribution in [2.75, 3.05) is 26.2 Å². The number of nitrogens with zero attached hydrogens (tertiary/aromatic N) is 1. The molecule has 0 radical (unpaired) electrons. The largest absolute Gasteiger partial charge is 0.490 e. The molecule has 0 saturated carbocycles. The number of amides is 1. The Morgan fingerprint density at radius 3 is 2.52 bits per heavy atom. The number of likely N-dealkylation sites (tertiary alicyclic amines) is 1. The summed E-state index contributed by atoms with van der Waals surface area (Å²) in [4.78, 5) is 23.9. The highest BCUT2D eigenvalue weighted by atomic mass is 19.4. The molecule has 3 aliphatic rings. The number of benzene rings is 1. The number of alkyl halides is 3. The molecule has 1 spiro atoms. The van der Waals surface area contributed by atoms with Crippen LogP contribution in [0.3, 0.4) is 0 Å². The topological polar surface area (TPSA) is 88.1 Å². The van der Waals surface area contributed by atoms with E-state index in [0.29, 0.717) is 6.61 Å². The second-order valence-electron chi connectivity index (χ2n) is 8.48. The van der Waals surface area contributed by atoms with Crippen molar-refractivity contribution in [3.63, 3.8) is 0 Å². The highest BCUT2D eigenvalue weighted by molar-refractivity contribution is 5.81. The van der Waals surface area contributed by atoms with Crippen molar-refractivity contribution in [3.05, 3.63) is 42.5 Å². The van der Waals surface area contributed by atoms with E-state index in [0.717, 1.165) is 63.1 Å². The molecule has 3 aliphatic heterocycles. The molecule has 182 valence electrons. The summed E-state index contributed by atoms with van der Waals surface area (Å²) in [5.41, 5.74) is 0.888. The fourth-order valence-electron chi connectivity index (χ4n) is 4.43. The molecular weight excluding hydrogens is 441 g/mol. The van der Waals surface area contributed by atoms with Gasteiger partial charge in [0.25, 0.3) is 0 Å². The van der Waals surface area contributed by atoms with Crippen LogP contribution in [0.1, 0.15) is 43.7 Å². The molecule has 7 nitrogen and oxygen atoms in total. The zero-order valence-electron chi connectivity index (χ0n) is 18.3. The summed E-state index contributed by atoms with van der Waals surface area (Å²) in [5, 5.41) is 10.4. The smallest absolute Gasteiger partial charge is 0.487 e. The Morgan fingerprint density at radius 2 is 1.94 bits per heavy atom. The van der Waals surface area contributed by atoms with E-state index in [9.17, 15) is 18.0 Å². The van der Waals surface area contributed by atoms with Crippen molar-refractivity contribution in [3.8, 4) is 5.75 Å². The highest BCUT2D eigenvalue weighted by Gasteiger charge is 2.44. The summed E-state index contributed by atoms with van der Waals surface area (Å²) in [5.74, 6) is -1.83. The van der Waals surface area contributed by atoms with Gasteiger partial charge in [-0.2, -0.15) is 13.2 Å². The van der Waals surface area contributed by atoms with Crippen molar-refractivity contribution < 1.29 is 37.3 Å². The number of carbonyl (C=O) groups is 2. The summed E-state index contributed by atoms with van der Waals surface area (Å²) in [6, 6.07) is 8.09. The van der Waals surface area contributed by atoms with Gasteiger partial charge in [-0.3, -0.25) is 9.69 Å². The molecule has 2 fully saturated rings. The summed E-state index contributed by atoms with van der Waals surface area (Å²) in [6.07, 6.45) is 1.13. The minimum atomic E-state index is -5.08. The van der Waals surface area contributed by atoms with Crippen LogP contribution in [0.2, 0.25) is 0 Å². The van der Waals surface area contributed by atoms with E-state index >= 15 is 0 Å². The number of para-hydroxylation sites is 1. The first-order valence-corrected chi connectivity index (χ1v) is 11.0. The van der Waals surface area contributed by atoms with Gasteiger partial charge in [0.05, 0.1) is 6.04 Å². The maximum absolute atomic E-state index is 12.6. The fourth-order valence-corrected chi connectivity index (χ4v) is 4.43. The predicted molar refractivity (Wildman–Crippen MR) is 114 cm³/mol. The molecule has 33 heavy (non-hydrogen) atoms. The van der Waals surface area contributed by atoms with Gasteiger partial charge >= 0.3 is 12.1 Å². The first-order chi connectivity index (χ1) is 15.6. The SMILES string of the molecule is C=CCN1CCC2(CC1)CC(NC(=O)[C@H]1CCCO1)c1ccccc1O2.O=C(O)C(F)(F)F. The van der Waals surface area contributed by atoms with Crippen LogP contribution in [0.5, 0.6) is 5.75 Å². The molecule has 0 bridgehead atoms. The first-order valence-electron chi connectivity index (χ1n) is 11.0. The number of ether oxygens (including phenoxy) is 2. The van der Waals surface area contributed by atoms with E-state index in [4.69, 9.17) is 19.4 Å². The number of carbonyl (C=O) groups excluding carboxylic acids is 1. The van der Waals surface area contributed by atoms with Crippen LogP contribution >= 0.6 is 0 Å². The van der Waals surface area contributed by atoms with Gasteiger partial charge in [-0.25, -0.2) is 4.79 Å². The molecule has 1 aromatic carbocycles. The van der Waals surface area contributed by atoms with Crippen molar-refractivity contribution in [2.24, 2.45) is 0 Å². The van der Waals surface area contributed by atoms with E-state index in [-0.39, 0.29) is 23.7 Å². The second-order valence-corrected chi connectivity index (χ2v) is 8.48. The Hall–Kier alpha value is -2.59. The standard InChI is InChI=1S/C21H28N2O3.C2HF3O2/c1-2-11-23-12-9-21(10-13-23)15-17(16-6-3-4-7-18(16)26-21)22-20(24)19-8-5-14-25-19;3-2(4,5)1(6)7/h2-4,6-7,17,19H,1,5,8-15H2,(H,22,24);(H,6,7)/t17?,19-;/m1./s1. The van der Waals surface area contributed by atoms with Gasteiger partial charge in [-0.05, 0) is 31.7 Å². The summed E-state index contributed by atoms with van der Waals surface area (Å²) in [6.45, 7) is 7.45. The number of fused-ring (bicyclic) bond motifs is 1. The van der Waals surface area contributed by atoms with Crippen LogP contribution in [0.25, 0.3) is 0 Å². The Morgan fingerprint density at radius 1 is 1.27 bits per heavy atom. The lowest BCUT2D eigenvalue weighted by Crippen LogP contribution is -2.52. The number of carboxylic acid groups (broad SMARTS) is 1. The normalized spacial score (nSPS) is 24.1. The third-order valence-corrected chi connectivity index (χ3v) is 6.13. The first kappa shape index (κ1) is 25.0. The Kier molecular flexibility index (Phi) is 8.01. The van der Waals surface area contributed by atoms with Gasteiger partial charge in [-0.15, -0.1) is 6.58 Å². The number of rotatable bonds is 4. The minimum Gasteiger partial charge on any atom is -0.487 e. The molecule has 1 amide bonds. The zero-order chi connectivity index (χ0) is 24.1. The monoisotopic (exact) mass is 470 g/mol. The van der Waals surface area contributed by atoms with Crippen molar-refractivity contribution in [1.29, 1.82) is 0 Å². The maximum atomic E-state index is 12.6. The number of carboxylic acids is 1. The van der Waals surface area contributed by atoms with Crippen molar-refractivity contribution in [1.82, 2.24) is 10.2 Å². The van der Waals surface area contributed by atoms with Gasteiger partial charge in [0.2, 0.25) is 5.91 Å². The summed E-state index contributed by atoms with van der Waals surface area (Å²) < 4.78 is 43.8. The number of piperidine rings is 1. The molecule has 1 aromatic rings. The van der Waals surface area contributed by atoms with Crippen LogP contribution in [0.4, 0.5) is 13.2 Å². The molecule has 2 N–H and O–H groups in total. The number of halogens is 3.